The molecule has 1 aromatic rings. The van der Waals surface area contributed by atoms with Crippen LogP contribution < -0.4 is 14.8 Å². The average Bonchev–Trinajstić information content (AvgIpc) is 2.47. The van der Waals surface area contributed by atoms with E-state index in [1.807, 2.05) is 18.2 Å². The van der Waals surface area contributed by atoms with Crippen LogP contribution in [-0.4, -0.2) is 35.8 Å². The molecule has 4 nitrogen and oxygen atoms in total. The summed E-state index contributed by atoms with van der Waals surface area (Å²) in [5, 5.41) is 3.40. The monoisotopic (exact) mass is 297 g/mol. The zero-order chi connectivity index (χ0) is 14.4. The van der Waals surface area contributed by atoms with Crippen molar-refractivity contribution in [1.29, 1.82) is 0 Å². The highest BCUT2D eigenvalue weighted by molar-refractivity contribution is 7.85. The Kier molecular flexibility index (Phi) is 5.86. The highest BCUT2D eigenvalue weighted by Crippen LogP contribution is 2.31. The Morgan fingerprint density at radius 2 is 2.00 bits per heavy atom. The molecule has 0 saturated heterocycles. The lowest BCUT2D eigenvalue weighted by molar-refractivity contribution is 0.171. The summed E-state index contributed by atoms with van der Waals surface area (Å²) < 4.78 is 23.5. The lowest BCUT2D eigenvalue weighted by atomic mass is 10.2. The topological polar surface area (TPSA) is 47.6 Å². The molecule has 112 valence electrons. The standard InChI is InChI=1S/C15H23NO3S/c1-3-5-12(16-4-2)11-20(17)13-6-7-14-15(10-13)19-9-8-18-14/h6-7,10,12,16H,3-5,8-9,11H2,1-2H3. The Balaban J connectivity index is 2.04. The molecule has 2 atom stereocenters. The maximum atomic E-state index is 12.5. The number of hydrogen-bond donors (Lipinski definition) is 1. The predicted molar refractivity (Wildman–Crippen MR) is 81.1 cm³/mol. The SMILES string of the molecule is CCCC(CS(=O)c1ccc2c(c1)OCCO2)NCC. The summed E-state index contributed by atoms with van der Waals surface area (Å²) in [6.45, 7) is 6.27. The first kappa shape index (κ1) is 15.3. The number of hydrogen-bond acceptors (Lipinski definition) is 4. The van der Waals surface area contributed by atoms with E-state index in [0.29, 0.717) is 30.8 Å². The number of rotatable bonds is 7. The fraction of sp³-hybridized carbons (Fsp3) is 0.600. The molecule has 0 aliphatic carbocycles. The van der Waals surface area contributed by atoms with Crippen LogP contribution in [-0.2, 0) is 10.8 Å². The Morgan fingerprint density at radius 3 is 2.70 bits per heavy atom. The number of nitrogens with one attached hydrogen (secondary N) is 1. The minimum absolute atomic E-state index is 0.305. The van der Waals surface area contributed by atoms with Crippen LogP contribution in [0, 0.1) is 0 Å². The van der Waals surface area contributed by atoms with Gasteiger partial charge in [-0.25, -0.2) is 0 Å². The van der Waals surface area contributed by atoms with Crippen molar-refractivity contribution in [3.05, 3.63) is 18.2 Å². The van der Waals surface area contributed by atoms with Crippen molar-refractivity contribution in [2.24, 2.45) is 0 Å². The third-order valence-electron chi connectivity index (χ3n) is 3.26. The highest BCUT2D eigenvalue weighted by atomic mass is 32.2. The summed E-state index contributed by atoms with van der Waals surface area (Å²) in [5.41, 5.74) is 0. The third-order valence-corrected chi connectivity index (χ3v) is 4.74. The summed E-state index contributed by atoms with van der Waals surface area (Å²) in [6, 6.07) is 5.88. The maximum Gasteiger partial charge on any atom is 0.162 e. The van der Waals surface area contributed by atoms with E-state index in [9.17, 15) is 4.21 Å². The molecule has 1 N–H and O–H groups in total. The summed E-state index contributed by atoms with van der Waals surface area (Å²) in [6.07, 6.45) is 2.14. The van der Waals surface area contributed by atoms with Gasteiger partial charge in [0.2, 0.25) is 0 Å². The Labute approximate surface area is 123 Å². The number of benzene rings is 1. The van der Waals surface area contributed by atoms with Gasteiger partial charge in [0.15, 0.2) is 11.5 Å². The number of fused-ring (bicyclic) bond motifs is 1. The molecule has 2 rings (SSSR count). The van der Waals surface area contributed by atoms with Crippen molar-refractivity contribution in [3.8, 4) is 11.5 Å². The van der Waals surface area contributed by atoms with Crippen LogP contribution in [0.1, 0.15) is 26.7 Å². The molecular weight excluding hydrogens is 274 g/mol. The molecule has 20 heavy (non-hydrogen) atoms. The van der Waals surface area contributed by atoms with Crippen LogP contribution in [0.15, 0.2) is 23.1 Å². The van der Waals surface area contributed by atoms with Crippen LogP contribution in [0.25, 0.3) is 0 Å². The molecular formula is C15H23NO3S. The molecule has 0 amide bonds. The van der Waals surface area contributed by atoms with Gasteiger partial charge in [-0.15, -0.1) is 0 Å². The summed E-state index contributed by atoms with van der Waals surface area (Å²) in [5.74, 6) is 2.09. The molecule has 0 bridgehead atoms. The molecule has 2 unspecified atom stereocenters. The van der Waals surface area contributed by atoms with E-state index in [4.69, 9.17) is 9.47 Å². The molecule has 5 heteroatoms. The van der Waals surface area contributed by atoms with E-state index < -0.39 is 10.8 Å². The van der Waals surface area contributed by atoms with Crippen molar-refractivity contribution < 1.29 is 13.7 Å². The van der Waals surface area contributed by atoms with Gasteiger partial charge in [0, 0.05) is 22.8 Å². The van der Waals surface area contributed by atoms with Gasteiger partial charge in [0.25, 0.3) is 0 Å². The molecule has 0 aromatic heterocycles. The van der Waals surface area contributed by atoms with Crippen molar-refractivity contribution in [2.45, 2.75) is 37.6 Å². The first-order valence-corrected chi connectivity index (χ1v) is 8.57. The molecule has 0 spiro atoms. The van der Waals surface area contributed by atoms with Crippen LogP contribution in [0.5, 0.6) is 11.5 Å². The minimum Gasteiger partial charge on any atom is -0.486 e. The summed E-state index contributed by atoms with van der Waals surface area (Å²) >= 11 is 0. The second-order valence-corrected chi connectivity index (χ2v) is 6.36. The van der Waals surface area contributed by atoms with Crippen molar-refractivity contribution in [2.75, 3.05) is 25.5 Å². The van der Waals surface area contributed by atoms with E-state index in [-0.39, 0.29) is 0 Å². The van der Waals surface area contributed by atoms with Crippen molar-refractivity contribution >= 4 is 10.8 Å². The van der Waals surface area contributed by atoms with E-state index in [1.54, 1.807) is 0 Å². The molecule has 1 aliphatic rings. The second-order valence-electron chi connectivity index (χ2n) is 4.86. The largest absolute Gasteiger partial charge is 0.486 e. The van der Waals surface area contributed by atoms with Gasteiger partial charge >= 0.3 is 0 Å². The first-order valence-electron chi connectivity index (χ1n) is 7.26. The maximum absolute atomic E-state index is 12.5. The van der Waals surface area contributed by atoms with Crippen LogP contribution in [0.4, 0.5) is 0 Å². The quantitative estimate of drug-likeness (QED) is 0.839. The third kappa shape index (κ3) is 3.96. The zero-order valence-electron chi connectivity index (χ0n) is 12.2. The fourth-order valence-corrected chi connectivity index (χ4v) is 3.63. The normalized spacial score (nSPS) is 16.7. The van der Waals surface area contributed by atoms with Crippen LogP contribution >= 0.6 is 0 Å². The van der Waals surface area contributed by atoms with E-state index in [2.05, 4.69) is 19.2 Å². The molecule has 0 saturated carbocycles. The fourth-order valence-electron chi connectivity index (χ4n) is 2.33. The molecule has 1 aromatic carbocycles. The van der Waals surface area contributed by atoms with Gasteiger partial charge in [-0.05, 0) is 25.1 Å². The lowest BCUT2D eigenvalue weighted by Gasteiger charge is -2.20. The van der Waals surface area contributed by atoms with Crippen LogP contribution in [0.2, 0.25) is 0 Å². The van der Waals surface area contributed by atoms with Crippen LogP contribution in [0.3, 0.4) is 0 Å². The minimum atomic E-state index is -1.01. The second kappa shape index (κ2) is 7.64. The zero-order valence-corrected chi connectivity index (χ0v) is 13.0. The van der Waals surface area contributed by atoms with Gasteiger partial charge in [-0.1, -0.05) is 20.3 Å². The molecule has 1 aliphatic heterocycles. The first-order chi connectivity index (χ1) is 9.74. The van der Waals surface area contributed by atoms with Gasteiger partial charge in [0.05, 0.1) is 10.8 Å². The van der Waals surface area contributed by atoms with Gasteiger partial charge in [0.1, 0.15) is 13.2 Å². The highest BCUT2D eigenvalue weighted by Gasteiger charge is 2.16. The Hall–Kier alpha value is -1.07. The van der Waals surface area contributed by atoms with E-state index in [0.717, 1.165) is 30.0 Å². The smallest absolute Gasteiger partial charge is 0.162 e. The molecule has 0 radical (unpaired) electrons. The summed E-state index contributed by atoms with van der Waals surface area (Å²) in [4.78, 5) is 0.813. The van der Waals surface area contributed by atoms with E-state index >= 15 is 0 Å². The number of ether oxygens (including phenoxy) is 2. The summed E-state index contributed by atoms with van der Waals surface area (Å²) in [7, 11) is -1.01. The molecule has 0 fully saturated rings. The lowest BCUT2D eigenvalue weighted by Crippen LogP contribution is -2.33. The predicted octanol–water partition coefficient (Wildman–Crippen LogP) is 2.34. The average molecular weight is 297 g/mol. The van der Waals surface area contributed by atoms with Crippen molar-refractivity contribution in [1.82, 2.24) is 5.32 Å². The Morgan fingerprint density at radius 1 is 1.25 bits per heavy atom. The van der Waals surface area contributed by atoms with Gasteiger partial charge in [-0.2, -0.15) is 0 Å². The van der Waals surface area contributed by atoms with E-state index in [1.165, 1.54) is 0 Å². The van der Waals surface area contributed by atoms with Crippen molar-refractivity contribution in [3.63, 3.8) is 0 Å². The van der Waals surface area contributed by atoms with Gasteiger partial charge in [-0.3, -0.25) is 4.21 Å². The Bertz CT molecular complexity index is 458. The molecule has 1 heterocycles. The van der Waals surface area contributed by atoms with Gasteiger partial charge < -0.3 is 14.8 Å².